The summed E-state index contributed by atoms with van der Waals surface area (Å²) in [6, 6.07) is 4.09. The molecule has 0 unspecified atom stereocenters. The molecule has 20 heavy (non-hydrogen) atoms. The van der Waals surface area contributed by atoms with E-state index in [1.807, 2.05) is 12.3 Å². The van der Waals surface area contributed by atoms with Crippen LogP contribution in [0.1, 0.15) is 5.56 Å². The molecule has 1 fully saturated rings. The van der Waals surface area contributed by atoms with Crippen molar-refractivity contribution < 1.29 is 0 Å². The summed E-state index contributed by atoms with van der Waals surface area (Å²) in [5, 5.41) is 0.619. The quantitative estimate of drug-likeness (QED) is 0.863. The van der Waals surface area contributed by atoms with E-state index in [-0.39, 0.29) is 0 Å². The fraction of sp³-hybridized carbons (Fsp3) is 0.357. The number of rotatable bonds is 3. The number of piperazine rings is 1. The number of hydrogen-bond donors (Lipinski definition) is 0. The van der Waals surface area contributed by atoms with E-state index in [1.54, 1.807) is 18.7 Å². The van der Waals surface area contributed by atoms with Crippen LogP contribution in [0.4, 0.5) is 5.82 Å². The van der Waals surface area contributed by atoms with Gasteiger partial charge in [0.2, 0.25) is 0 Å². The average molecular weight is 290 g/mol. The molecule has 6 heteroatoms. The molecule has 0 aliphatic carbocycles. The van der Waals surface area contributed by atoms with Gasteiger partial charge >= 0.3 is 0 Å². The molecule has 0 amide bonds. The minimum absolute atomic E-state index is 0.619. The van der Waals surface area contributed by atoms with Crippen LogP contribution in [-0.2, 0) is 6.54 Å². The molecule has 0 aromatic carbocycles. The van der Waals surface area contributed by atoms with Gasteiger partial charge in [-0.1, -0.05) is 17.7 Å². The van der Waals surface area contributed by atoms with E-state index in [0.717, 1.165) is 38.5 Å². The zero-order valence-corrected chi connectivity index (χ0v) is 11.9. The fourth-order valence-electron chi connectivity index (χ4n) is 2.41. The predicted octanol–water partition coefficient (Wildman–Crippen LogP) is 1.85. The van der Waals surface area contributed by atoms with Gasteiger partial charge in [0.1, 0.15) is 11.3 Å². The van der Waals surface area contributed by atoms with Crippen LogP contribution in [0.3, 0.4) is 0 Å². The van der Waals surface area contributed by atoms with Gasteiger partial charge in [0.05, 0.1) is 6.20 Å². The molecular formula is C14H16ClN5. The van der Waals surface area contributed by atoms with Crippen molar-refractivity contribution in [1.29, 1.82) is 0 Å². The normalized spacial score (nSPS) is 16.4. The lowest BCUT2D eigenvalue weighted by molar-refractivity contribution is 0.249. The summed E-state index contributed by atoms with van der Waals surface area (Å²) in [5.41, 5.74) is 1.25. The van der Waals surface area contributed by atoms with Gasteiger partial charge in [-0.25, -0.2) is 9.97 Å². The van der Waals surface area contributed by atoms with Crippen LogP contribution in [0.2, 0.25) is 5.02 Å². The Bertz CT molecular complexity index is 555. The van der Waals surface area contributed by atoms with Gasteiger partial charge in [-0.2, -0.15) is 0 Å². The smallest absolute Gasteiger partial charge is 0.150 e. The van der Waals surface area contributed by atoms with Crippen molar-refractivity contribution in [3.8, 4) is 0 Å². The van der Waals surface area contributed by atoms with Crippen LogP contribution in [0.25, 0.3) is 0 Å². The standard InChI is InChI=1S/C14H16ClN5/c15-13-9-17-11-18-14(13)20-6-4-19(5-7-20)10-12-2-1-3-16-8-12/h1-3,8-9,11H,4-7,10H2. The summed E-state index contributed by atoms with van der Waals surface area (Å²) in [6.07, 6.45) is 6.92. The highest BCUT2D eigenvalue weighted by Crippen LogP contribution is 2.22. The first-order chi connectivity index (χ1) is 9.83. The molecular weight excluding hydrogens is 274 g/mol. The Morgan fingerprint density at radius 2 is 1.95 bits per heavy atom. The molecule has 3 rings (SSSR count). The summed E-state index contributed by atoms with van der Waals surface area (Å²) in [6.45, 7) is 4.79. The van der Waals surface area contributed by atoms with Crippen LogP contribution in [0.5, 0.6) is 0 Å². The summed E-state index contributed by atoms with van der Waals surface area (Å²) < 4.78 is 0. The van der Waals surface area contributed by atoms with Crippen molar-refractivity contribution in [1.82, 2.24) is 19.9 Å². The number of aromatic nitrogens is 3. The third-order valence-corrected chi connectivity index (χ3v) is 3.72. The van der Waals surface area contributed by atoms with Gasteiger partial charge in [0.15, 0.2) is 5.82 Å². The Morgan fingerprint density at radius 3 is 2.65 bits per heavy atom. The maximum absolute atomic E-state index is 6.14. The molecule has 0 atom stereocenters. The molecule has 3 heterocycles. The summed E-state index contributed by atoms with van der Waals surface area (Å²) in [4.78, 5) is 17.0. The van der Waals surface area contributed by atoms with E-state index in [0.29, 0.717) is 5.02 Å². The second-order valence-electron chi connectivity index (χ2n) is 4.82. The monoisotopic (exact) mass is 289 g/mol. The first-order valence-electron chi connectivity index (χ1n) is 6.64. The lowest BCUT2D eigenvalue weighted by Crippen LogP contribution is -2.46. The zero-order chi connectivity index (χ0) is 13.8. The van der Waals surface area contributed by atoms with E-state index < -0.39 is 0 Å². The molecule has 1 aliphatic rings. The van der Waals surface area contributed by atoms with Gasteiger partial charge in [-0.3, -0.25) is 9.88 Å². The minimum Gasteiger partial charge on any atom is -0.353 e. The van der Waals surface area contributed by atoms with E-state index in [1.165, 1.54) is 5.56 Å². The molecule has 5 nitrogen and oxygen atoms in total. The Labute approximate surface area is 123 Å². The molecule has 0 spiro atoms. The molecule has 0 N–H and O–H groups in total. The molecule has 0 radical (unpaired) electrons. The van der Waals surface area contributed by atoms with Gasteiger partial charge in [0.25, 0.3) is 0 Å². The van der Waals surface area contributed by atoms with Crippen molar-refractivity contribution in [3.05, 3.63) is 47.6 Å². The van der Waals surface area contributed by atoms with Crippen LogP contribution in [0.15, 0.2) is 37.1 Å². The van der Waals surface area contributed by atoms with E-state index in [4.69, 9.17) is 11.6 Å². The molecule has 2 aromatic rings. The first kappa shape index (κ1) is 13.3. The molecule has 104 valence electrons. The number of halogens is 1. The van der Waals surface area contributed by atoms with Crippen molar-refractivity contribution in [2.24, 2.45) is 0 Å². The SMILES string of the molecule is Clc1cncnc1N1CCN(Cc2cccnc2)CC1. The minimum atomic E-state index is 0.619. The summed E-state index contributed by atoms with van der Waals surface area (Å²) >= 11 is 6.14. The third kappa shape index (κ3) is 3.05. The van der Waals surface area contributed by atoms with Crippen LogP contribution in [0, 0.1) is 0 Å². The maximum atomic E-state index is 6.14. The van der Waals surface area contributed by atoms with Crippen LogP contribution >= 0.6 is 11.6 Å². The molecule has 0 bridgehead atoms. The Morgan fingerprint density at radius 1 is 1.10 bits per heavy atom. The van der Waals surface area contributed by atoms with Crippen molar-refractivity contribution in [2.75, 3.05) is 31.1 Å². The molecule has 1 aliphatic heterocycles. The van der Waals surface area contributed by atoms with E-state index >= 15 is 0 Å². The number of nitrogens with zero attached hydrogens (tertiary/aromatic N) is 5. The maximum Gasteiger partial charge on any atom is 0.150 e. The fourth-order valence-corrected chi connectivity index (χ4v) is 2.63. The molecule has 1 saturated heterocycles. The van der Waals surface area contributed by atoms with Crippen molar-refractivity contribution in [3.63, 3.8) is 0 Å². The van der Waals surface area contributed by atoms with Crippen molar-refractivity contribution >= 4 is 17.4 Å². The predicted molar refractivity (Wildman–Crippen MR) is 78.8 cm³/mol. The highest BCUT2D eigenvalue weighted by Gasteiger charge is 2.19. The van der Waals surface area contributed by atoms with Gasteiger partial charge in [0, 0.05) is 45.1 Å². The average Bonchev–Trinajstić information content (AvgIpc) is 2.50. The highest BCUT2D eigenvalue weighted by atomic mass is 35.5. The molecule has 0 saturated carbocycles. The Kier molecular flexibility index (Phi) is 4.08. The van der Waals surface area contributed by atoms with E-state index in [9.17, 15) is 0 Å². The highest BCUT2D eigenvalue weighted by molar-refractivity contribution is 6.32. The topological polar surface area (TPSA) is 45.2 Å². The van der Waals surface area contributed by atoms with Gasteiger partial charge in [-0.15, -0.1) is 0 Å². The number of anilines is 1. The van der Waals surface area contributed by atoms with Gasteiger partial charge < -0.3 is 4.90 Å². The van der Waals surface area contributed by atoms with Crippen LogP contribution < -0.4 is 4.90 Å². The number of hydrogen-bond acceptors (Lipinski definition) is 5. The van der Waals surface area contributed by atoms with Gasteiger partial charge in [-0.05, 0) is 11.6 Å². The lowest BCUT2D eigenvalue weighted by atomic mass is 10.2. The van der Waals surface area contributed by atoms with Crippen molar-refractivity contribution in [2.45, 2.75) is 6.54 Å². The Hall–Kier alpha value is -1.72. The second kappa shape index (κ2) is 6.15. The lowest BCUT2D eigenvalue weighted by Gasteiger charge is -2.35. The third-order valence-electron chi connectivity index (χ3n) is 3.45. The summed E-state index contributed by atoms with van der Waals surface area (Å²) in [7, 11) is 0. The second-order valence-corrected chi connectivity index (χ2v) is 5.23. The Balaban J connectivity index is 1.59. The van der Waals surface area contributed by atoms with Crippen LogP contribution in [-0.4, -0.2) is 46.0 Å². The number of pyridine rings is 1. The van der Waals surface area contributed by atoms with E-state index in [2.05, 4.69) is 30.8 Å². The summed E-state index contributed by atoms with van der Waals surface area (Å²) in [5.74, 6) is 0.836. The largest absolute Gasteiger partial charge is 0.353 e. The molecule has 2 aromatic heterocycles. The zero-order valence-electron chi connectivity index (χ0n) is 11.1. The first-order valence-corrected chi connectivity index (χ1v) is 7.02.